The van der Waals surface area contributed by atoms with Gasteiger partial charge in [-0.3, -0.25) is 4.79 Å². The molecule has 130 valence electrons. The van der Waals surface area contributed by atoms with Crippen LogP contribution in [0.25, 0.3) is 0 Å². The molecule has 1 N–H and O–H groups in total. The highest BCUT2D eigenvalue weighted by molar-refractivity contribution is 5.81. The number of carbonyl (C=O) groups excluding carboxylic acids is 1. The van der Waals surface area contributed by atoms with Crippen molar-refractivity contribution in [3.8, 4) is 0 Å². The maximum Gasteiger partial charge on any atom is 0.225 e. The molecule has 2 saturated carbocycles. The molecule has 1 amide bonds. The summed E-state index contributed by atoms with van der Waals surface area (Å²) in [5.41, 5.74) is 2.57. The zero-order chi connectivity index (χ0) is 16.9. The minimum Gasteiger partial charge on any atom is -0.390 e. The van der Waals surface area contributed by atoms with Crippen LogP contribution in [0, 0.1) is 24.2 Å². The Morgan fingerprint density at radius 3 is 2.50 bits per heavy atom. The number of amides is 1. The van der Waals surface area contributed by atoms with Gasteiger partial charge in [-0.15, -0.1) is 0 Å². The highest BCUT2D eigenvalue weighted by atomic mass is 16.3. The van der Waals surface area contributed by atoms with Crippen LogP contribution in [-0.4, -0.2) is 34.6 Å². The van der Waals surface area contributed by atoms with Crippen LogP contribution in [-0.2, 0) is 11.2 Å². The Bertz CT molecular complexity index is 620. The predicted molar refractivity (Wildman–Crippen MR) is 94.6 cm³/mol. The van der Waals surface area contributed by atoms with Crippen molar-refractivity contribution in [1.82, 2.24) is 4.90 Å². The first kappa shape index (κ1) is 16.1. The summed E-state index contributed by atoms with van der Waals surface area (Å²) < 4.78 is 0. The lowest BCUT2D eigenvalue weighted by atomic mass is 9.69. The molecule has 3 nitrogen and oxygen atoms in total. The van der Waals surface area contributed by atoms with Crippen molar-refractivity contribution >= 4 is 5.91 Å². The van der Waals surface area contributed by atoms with Crippen LogP contribution in [0.3, 0.4) is 0 Å². The van der Waals surface area contributed by atoms with Gasteiger partial charge in [0.1, 0.15) is 0 Å². The second-order valence-electron chi connectivity index (χ2n) is 9.09. The molecule has 1 heterocycles. The van der Waals surface area contributed by atoms with E-state index in [0.29, 0.717) is 18.3 Å². The van der Waals surface area contributed by atoms with Crippen molar-refractivity contribution < 1.29 is 9.90 Å². The van der Waals surface area contributed by atoms with Crippen LogP contribution in [0.5, 0.6) is 0 Å². The van der Waals surface area contributed by atoms with E-state index in [-0.39, 0.29) is 11.8 Å². The second-order valence-corrected chi connectivity index (χ2v) is 9.09. The van der Waals surface area contributed by atoms with E-state index in [4.69, 9.17) is 0 Å². The summed E-state index contributed by atoms with van der Waals surface area (Å²) in [6.07, 6.45) is 6.31. The van der Waals surface area contributed by atoms with E-state index in [9.17, 15) is 9.90 Å². The van der Waals surface area contributed by atoms with E-state index >= 15 is 0 Å². The van der Waals surface area contributed by atoms with Crippen molar-refractivity contribution in [1.29, 1.82) is 0 Å². The van der Waals surface area contributed by atoms with Gasteiger partial charge in [-0.05, 0) is 63.9 Å². The fraction of sp³-hybridized carbons (Fsp3) is 0.667. The van der Waals surface area contributed by atoms with E-state index in [1.807, 2.05) is 11.8 Å². The normalized spacial score (nSPS) is 34.0. The molecule has 2 aliphatic carbocycles. The van der Waals surface area contributed by atoms with Gasteiger partial charge in [0.05, 0.1) is 5.60 Å². The number of aliphatic hydroxyl groups is 1. The highest BCUT2D eigenvalue weighted by Crippen LogP contribution is 2.50. The van der Waals surface area contributed by atoms with E-state index in [0.717, 1.165) is 19.0 Å². The quantitative estimate of drug-likeness (QED) is 0.925. The number of benzene rings is 1. The molecule has 1 saturated heterocycles. The summed E-state index contributed by atoms with van der Waals surface area (Å²) in [6.45, 7) is 5.88. The summed E-state index contributed by atoms with van der Waals surface area (Å²) in [4.78, 5) is 14.5. The zero-order valence-corrected chi connectivity index (χ0v) is 14.9. The monoisotopic (exact) mass is 327 g/mol. The van der Waals surface area contributed by atoms with Crippen molar-refractivity contribution in [2.75, 3.05) is 13.1 Å². The molecule has 1 aliphatic heterocycles. The topological polar surface area (TPSA) is 40.5 Å². The van der Waals surface area contributed by atoms with E-state index < -0.39 is 5.60 Å². The first-order chi connectivity index (χ1) is 11.3. The summed E-state index contributed by atoms with van der Waals surface area (Å²) in [6, 6.07) is 8.94. The van der Waals surface area contributed by atoms with Crippen LogP contribution >= 0.6 is 0 Å². The van der Waals surface area contributed by atoms with Crippen molar-refractivity contribution in [3.05, 3.63) is 35.4 Å². The van der Waals surface area contributed by atoms with Crippen molar-refractivity contribution in [2.24, 2.45) is 17.3 Å². The van der Waals surface area contributed by atoms with Crippen LogP contribution in [0.4, 0.5) is 0 Å². The predicted octanol–water partition coefficient (Wildman–Crippen LogP) is 3.33. The molecule has 3 aliphatic rings. The SMILES string of the molecule is Cc1ccc(C[C@H]2CCC3(C2)CN(C(=O)C2CC(C)(O)C2)C3)cc1. The van der Waals surface area contributed by atoms with Crippen LogP contribution in [0.1, 0.15) is 50.2 Å². The second kappa shape index (κ2) is 5.59. The lowest BCUT2D eigenvalue weighted by molar-refractivity contribution is -0.161. The van der Waals surface area contributed by atoms with Gasteiger partial charge in [-0.2, -0.15) is 0 Å². The number of hydrogen-bond acceptors (Lipinski definition) is 2. The molecule has 1 spiro atoms. The number of likely N-dealkylation sites (tertiary alicyclic amines) is 1. The van der Waals surface area contributed by atoms with E-state index in [2.05, 4.69) is 31.2 Å². The van der Waals surface area contributed by atoms with E-state index in [1.165, 1.54) is 36.8 Å². The smallest absolute Gasteiger partial charge is 0.225 e. The Morgan fingerprint density at radius 2 is 1.88 bits per heavy atom. The third kappa shape index (κ3) is 2.99. The lowest BCUT2D eigenvalue weighted by Gasteiger charge is -2.52. The van der Waals surface area contributed by atoms with Crippen molar-refractivity contribution in [2.45, 2.75) is 58.0 Å². The van der Waals surface area contributed by atoms with Gasteiger partial charge in [-0.25, -0.2) is 0 Å². The molecule has 1 atom stereocenters. The van der Waals surface area contributed by atoms with Gasteiger partial charge in [0.2, 0.25) is 5.91 Å². The average molecular weight is 327 g/mol. The Kier molecular flexibility index (Phi) is 3.76. The third-order valence-electron chi connectivity index (χ3n) is 6.54. The zero-order valence-electron chi connectivity index (χ0n) is 14.9. The number of aryl methyl sites for hydroxylation is 1. The maximum atomic E-state index is 12.5. The number of hydrogen-bond donors (Lipinski definition) is 1. The molecule has 3 heteroatoms. The van der Waals surface area contributed by atoms with Gasteiger partial charge < -0.3 is 10.0 Å². The molecule has 3 fully saturated rings. The molecular weight excluding hydrogens is 298 g/mol. The van der Waals surface area contributed by atoms with Crippen LogP contribution < -0.4 is 0 Å². The van der Waals surface area contributed by atoms with Gasteiger partial charge in [-0.1, -0.05) is 29.8 Å². The Morgan fingerprint density at radius 1 is 1.21 bits per heavy atom. The standard InChI is InChI=1S/C21H29NO2/c1-15-3-5-16(6-4-15)9-17-7-8-21(10-17)13-22(14-21)19(23)18-11-20(2,24)12-18/h3-6,17-18,24H,7-14H2,1-2H3/t17-,18?,20?/m1/s1. The fourth-order valence-electron chi connectivity index (χ4n) is 5.20. The van der Waals surface area contributed by atoms with Gasteiger partial charge in [0.15, 0.2) is 0 Å². The minimum atomic E-state index is -0.602. The van der Waals surface area contributed by atoms with Gasteiger partial charge in [0.25, 0.3) is 0 Å². The summed E-state index contributed by atoms with van der Waals surface area (Å²) in [7, 11) is 0. The fourth-order valence-corrected chi connectivity index (χ4v) is 5.20. The van der Waals surface area contributed by atoms with Crippen LogP contribution in [0.15, 0.2) is 24.3 Å². The first-order valence-corrected chi connectivity index (χ1v) is 9.41. The molecular formula is C21H29NO2. The average Bonchev–Trinajstić information content (AvgIpc) is 2.89. The molecule has 4 rings (SSSR count). The Labute approximate surface area is 145 Å². The summed E-state index contributed by atoms with van der Waals surface area (Å²) in [5, 5.41) is 9.83. The third-order valence-corrected chi connectivity index (χ3v) is 6.54. The molecule has 1 aromatic rings. The van der Waals surface area contributed by atoms with Crippen LogP contribution in [0.2, 0.25) is 0 Å². The number of rotatable bonds is 3. The minimum absolute atomic E-state index is 0.0714. The highest BCUT2D eigenvalue weighted by Gasteiger charge is 2.52. The number of nitrogens with zero attached hydrogens (tertiary/aromatic N) is 1. The largest absolute Gasteiger partial charge is 0.390 e. The number of carbonyl (C=O) groups is 1. The molecule has 1 aromatic carbocycles. The van der Waals surface area contributed by atoms with Gasteiger partial charge >= 0.3 is 0 Å². The van der Waals surface area contributed by atoms with Gasteiger partial charge in [0, 0.05) is 24.4 Å². The van der Waals surface area contributed by atoms with E-state index in [1.54, 1.807) is 0 Å². The van der Waals surface area contributed by atoms with Crippen molar-refractivity contribution in [3.63, 3.8) is 0 Å². The lowest BCUT2D eigenvalue weighted by Crippen LogP contribution is -2.61. The molecule has 24 heavy (non-hydrogen) atoms. The molecule has 0 bridgehead atoms. The molecule has 0 unspecified atom stereocenters. The molecule has 0 aromatic heterocycles. The molecule has 0 radical (unpaired) electrons. The summed E-state index contributed by atoms with van der Waals surface area (Å²) >= 11 is 0. The maximum absolute atomic E-state index is 12.5. The first-order valence-electron chi connectivity index (χ1n) is 9.41. The summed E-state index contributed by atoms with van der Waals surface area (Å²) in [5.74, 6) is 1.13. The Hall–Kier alpha value is -1.35. The Balaban J connectivity index is 1.27.